The first-order valence-corrected chi connectivity index (χ1v) is 10.7. The molecule has 0 aliphatic heterocycles. The fourth-order valence-electron chi connectivity index (χ4n) is 3.55. The molecule has 1 heterocycles. The lowest BCUT2D eigenvalue weighted by Gasteiger charge is -2.17. The first-order valence-electron chi connectivity index (χ1n) is 10.3. The maximum atomic E-state index is 13.0. The van der Waals surface area contributed by atoms with Gasteiger partial charge in [0.15, 0.2) is 18.5 Å². The number of amides is 1. The summed E-state index contributed by atoms with van der Waals surface area (Å²) in [5.74, 6) is -0.433. The molecule has 1 aromatic heterocycles. The summed E-state index contributed by atoms with van der Waals surface area (Å²) in [7, 11) is 0. The summed E-state index contributed by atoms with van der Waals surface area (Å²) < 4.78 is 13.1. The molecule has 1 amide bonds. The lowest BCUT2D eigenvalue weighted by molar-refractivity contribution is -0.119. The van der Waals surface area contributed by atoms with Crippen LogP contribution in [0.3, 0.4) is 0 Å². The molecule has 0 saturated heterocycles. The van der Waals surface area contributed by atoms with Crippen LogP contribution in [-0.4, -0.2) is 28.0 Å². The second kappa shape index (κ2) is 9.75. The minimum Gasteiger partial charge on any atom is -0.483 e. The average Bonchev–Trinajstić information content (AvgIpc) is 3.15. The van der Waals surface area contributed by atoms with Gasteiger partial charge in [-0.05, 0) is 42.8 Å². The second-order valence-electron chi connectivity index (χ2n) is 7.47. The molecule has 3 aromatic carbocycles. The summed E-state index contributed by atoms with van der Waals surface area (Å²) >= 11 is 6.17. The van der Waals surface area contributed by atoms with Crippen molar-refractivity contribution in [2.24, 2.45) is 5.73 Å². The van der Waals surface area contributed by atoms with E-state index >= 15 is 0 Å². The molecule has 4 rings (SSSR count). The van der Waals surface area contributed by atoms with Crippen LogP contribution >= 0.6 is 11.6 Å². The van der Waals surface area contributed by atoms with Gasteiger partial charge in [0.1, 0.15) is 11.3 Å². The maximum Gasteiger partial charge on any atom is 0.342 e. The number of carbonyl (C=O) groups excluding carboxylic acids is 2. The SMILES string of the molecule is CC(OC(=O)c1ccccc1OCC(N)=O)c1nc2cc(Cl)ccc2n1Cc1ccccc1. The number of halogens is 1. The van der Waals surface area contributed by atoms with Crippen LogP contribution in [0.5, 0.6) is 5.75 Å². The Bertz CT molecular complexity index is 1300. The summed E-state index contributed by atoms with van der Waals surface area (Å²) in [6, 6.07) is 22.0. The van der Waals surface area contributed by atoms with E-state index in [1.165, 1.54) is 0 Å². The molecule has 0 radical (unpaired) electrons. The van der Waals surface area contributed by atoms with E-state index in [4.69, 9.17) is 31.8 Å². The standard InChI is InChI=1S/C25H22ClN3O4/c1-16(33-25(31)19-9-5-6-10-22(19)32-15-23(27)30)24-28-20-13-18(26)11-12-21(20)29(24)14-17-7-3-2-4-8-17/h2-13,16H,14-15H2,1H3,(H2,27,30). The highest BCUT2D eigenvalue weighted by molar-refractivity contribution is 6.31. The molecule has 4 aromatic rings. The summed E-state index contributed by atoms with van der Waals surface area (Å²) in [6.07, 6.45) is -0.670. The van der Waals surface area contributed by atoms with Crippen molar-refractivity contribution in [1.29, 1.82) is 0 Å². The molecule has 0 saturated carbocycles. The van der Waals surface area contributed by atoms with E-state index in [2.05, 4.69) is 0 Å². The van der Waals surface area contributed by atoms with Crippen molar-refractivity contribution in [1.82, 2.24) is 9.55 Å². The number of benzene rings is 3. The van der Waals surface area contributed by atoms with Crippen LogP contribution in [0.15, 0.2) is 72.8 Å². The fraction of sp³-hybridized carbons (Fsp3) is 0.160. The minimum atomic E-state index is -0.670. The number of aromatic nitrogens is 2. The number of primary amides is 1. The van der Waals surface area contributed by atoms with Crippen molar-refractivity contribution in [3.63, 3.8) is 0 Å². The van der Waals surface area contributed by atoms with Crippen LogP contribution in [0, 0.1) is 0 Å². The van der Waals surface area contributed by atoms with Crippen molar-refractivity contribution < 1.29 is 19.1 Å². The van der Waals surface area contributed by atoms with Gasteiger partial charge in [-0.1, -0.05) is 54.1 Å². The van der Waals surface area contributed by atoms with Crippen molar-refractivity contribution >= 4 is 34.5 Å². The number of hydrogen-bond donors (Lipinski definition) is 1. The van der Waals surface area contributed by atoms with Gasteiger partial charge in [-0.3, -0.25) is 4.79 Å². The molecule has 168 valence electrons. The Kier molecular flexibility index (Phi) is 6.60. The third-order valence-corrected chi connectivity index (χ3v) is 5.28. The predicted molar refractivity (Wildman–Crippen MR) is 125 cm³/mol. The Morgan fingerprint density at radius 2 is 1.79 bits per heavy atom. The molecule has 0 fully saturated rings. The fourth-order valence-corrected chi connectivity index (χ4v) is 3.72. The van der Waals surface area contributed by atoms with Crippen molar-refractivity contribution in [2.45, 2.75) is 19.6 Å². The third-order valence-electron chi connectivity index (χ3n) is 5.05. The van der Waals surface area contributed by atoms with Crippen LogP contribution in [-0.2, 0) is 16.1 Å². The molecule has 2 N–H and O–H groups in total. The van der Waals surface area contributed by atoms with E-state index in [-0.39, 0.29) is 17.9 Å². The zero-order valence-electron chi connectivity index (χ0n) is 17.9. The van der Waals surface area contributed by atoms with Gasteiger partial charge < -0.3 is 19.8 Å². The third kappa shape index (κ3) is 5.15. The summed E-state index contributed by atoms with van der Waals surface area (Å²) in [5, 5.41) is 0.573. The normalized spacial score (nSPS) is 11.8. The second-order valence-corrected chi connectivity index (χ2v) is 7.91. The molecular weight excluding hydrogens is 442 g/mol. The zero-order valence-corrected chi connectivity index (χ0v) is 18.7. The van der Waals surface area contributed by atoms with E-state index < -0.39 is 18.0 Å². The van der Waals surface area contributed by atoms with Crippen LogP contribution in [0.4, 0.5) is 0 Å². The average molecular weight is 464 g/mol. The van der Waals surface area contributed by atoms with E-state index in [0.717, 1.165) is 11.1 Å². The minimum absolute atomic E-state index is 0.194. The van der Waals surface area contributed by atoms with Crippen molar-refractivity contribution in [2.75, 3.05) is 6.61 Å². The Hall–Kier alpha value is -3.84. The van der Waals surface area contributed by atoms with Gasteiger partial charge in [0, 0.05) is 11.6 Å². The predicted octanol–water partition coefficient (Wildman–Crippen LogP) is 4.52. The molecule has 8 heteroatoms. The number of esters is 1. The number of imidazole rings is 1. The molecule has 1 atom stereocenters. The topological polar surface area (TPSA) is 96.4 Å². The molecule has 33 heavy (non-hydrogen) atoms. The van der Waals surface area contributed by atoms with Gasteiger partial charge >= 0.3 is 5.97 Å². The zero-order chi connectivity index (χ0) is 23.4. The lowest BCUT2D eigenvalue weighted by atomic mass is 10.2. The molecular formula is C25H22ClN3O4. The number of fused-ring (bicyclic) bond motifs is 1. The van der Waals surface area contributed by atoms with Gasteiger partial charge in [0.2, 0.25) is 0 Å². The number of ether oxygens (including phenoxy) is 2. The lowest BCUT2D eigenvalue weighted by Crippen LogP contribution is -2.21. The van der Waals surface area contributed by atoms with Crippen LogP contribution in [0.2, 0.25) is 5.02 Å². The first kappa shape index (κ1) is 22.4. The molecule has 0 aliphatic carbocycles. The molecule has 0 aliphatic rings. The highest BCUT2D eigenvalue weighted by Crippen LogP contribution is 2.28. The van der Waals surface area contributed by atoms with Gasteiger partial charge in [0.25, 0.3) is 5.91 Å². The summed E-state index contributed by atoms with van der Waals surface area (Å²) in [4.78, 5) is 28.7. The number of hydrogen-bond acceptors (Lipinski definition) is 5. The first-order chi connectivity index (χ1) is 15.9. The van der Waals surface area contributed by atoms with Gasteiger partial charge in [-0.15, -0.1) is 0 Å². The highest BCUT2D eigenvalue weighted by atomic mass is 35.5. The van der Waals surface area contributed by atoms with E-state index in [0.29, 0.717) is 22.9 Å². The molecule has 1 unspecified atom stereocenters. The Morgan fingerprint density at radius 3 is 2.55 bits per heavy atom. The van der Waals surface area contributed by atoms with E-state index in [1.807, 2.05) is 41.0 Å². The maximum absolute atomic E-state index is 13.0. The smallest absolute Gasteiger partial charge is 0.342 e. The summed E-state index contributed by atoms with van der Waals surface area (Å²) in [6.45, 7) is 1.97. The number of nitrogens with zero attached hydrogens (tertiary/aromatic N) is 2. The van der Waals surface area contributed by atoms with Gasteiger partial charge in [-0.25, -0.2) is 9.78 Å². The quantitative estimate of drug-likeness (QED) is 0.387. The van der Waals surface area contributed by atoms with Crippen LogP contribution in [0.25, 0.3) is 11.0 Å². The van der Waals surface area contributed by atoms with Crippen molar-refractivity contribution in [3.05, 3.63) is 94.8 Å². The van der Waals surface area contributed by atoms with Crippen molar-refractivity contribution in [3.8, 4) is 5.75 Å². The Morgan fingerprint density at radius 1 is 1.06 bits per heavy atom. The van der Waals surface area contributed by atoms with E-state index in [9.17, 15) is 9.59 Å². The monoisotopic (exact) mass is 463 g/mol. The van der Waals surface area contributed by atoms with E-state index in [1.54, 1.807) is 43.3 Å². The van der Waals surface area contributed by atoms with Crippen LogP contribution < -0.4 is 10.5 Å². The number of carbonyl (C=O) groups is 2. The Labute approximate surface area is 195 Å². The Balaban J connectivity index is 1.64. The molecule has 0 bridgehead atoms. The number of para-hydroxylation sites is 1. The van der Waals surface area contributed by atoms with Gasteiger partial charge in [0.05, 0.1) is 11.0 Å². The molecule has 7 nitrogen and oxygen atoms in total. The largest absolute Gasteiger partial charge is 0.483 e. The summed E-state index contributed by atoms with van der Waals surface area (Å²) in [5.41, 5.74) is 8.01. The van der Waals surface area contributed by atoms with Gasteiger partial charge in [-0.2, -0.15) is 0 Å². The van der Waals surface area contributed by atoms with Crippen LogP contribution in [0.1, 0.15) is 34.8 Å². The number of nitrogens with two attached hydrogens (primary N) is 1. The molecule has 0 spiro atoms. The highest BCUT2D eigenvalue weighted by Gasteiger charge is 2.23. The number of rotatable bonds is 8.